The topological polar surface area (TPSA) is 43.4 Å². The van der Waals surface area contributed by atoms with E-state index in [1.807, 2.05) is 12.2 Å². The van der Waals surface area contributed by atoms with Gasteiger partial charge in [0.15, 0.2) is 0 Å². The summed E-state index contributed by atoms with van der Waals surface area (Å²) in [5, 5.41) is 0. The Morgan fingerprint density at radius 3 is 0.776 bits per heavy atom. The molecule has 0 amide bonds. The quantitative estimate of drug-likeness (QED) is 0.0281. The molecule has 0 spiro atoms. The molecule has 1 fully saturated rings. The molecule has 2 atom stereocenters. The maximum Gasteiger partial charge on any atom is 0.321 e. The van der Waals surface area contributed by atoms with Crippen LogP contribution in [0.1, 0.15) is 245 Å². The van der Waals surface area contributed by atoms with Gasteiger partial charge in [-0.3, -0.25) is 9.59 Å². The summed E-state index contributed by atoms with van der Waals surface area (Å²) in [6.07, 6.45) is 57.0. The predicted molar refractivity (Wildman–Crippen MR) is 214 cm³/mol. The van der Waals surface area contributed by atoms with Crippen LogP contribution in [0, 0.1) is 11.8 Å². The summed E-state index contributed by atoms with van der Waals surface area (Å²) in [5.74, 6) is -1.64. The number of ether oxygens (including phenoxy) is 1. The van der Waals surface area contributed by atoms with Crippen molar-refractivity contribution in [3.8, 4) is 0 Å². The first-order chi connectivity index (χ1) is 24.2. The maximum atomic E-state index is 12.3. The summed E-state index contributed by atoms with van der Waals surface area (Å²) >= 11 is 0. The Morgan fingerprint density at radius 1 is 0.347 bits per heavy atom. The van der Waals surface area contributed by atoms with Gasteiger partial charge in [-0.25, -0.2) is 0 Å². The van der Waals surface area contributed by atoms with Crippen molar-refractivity contribution in [3.05, 3.63) is 24.3 Å². The van der Waals surface area contributed by atoms with Crippen molar-refractivity contribution in [2.24, 2.45) is 11.8 Å². The zero-order chi connectivity index (χ0) is 35.3. The lowest BCUT2D eigenvalue weighted by Crippen LogP contribution is -2.13. The second-order valence-electron chi connectivity index (χ2n) is 15.5. The van der Waals surface area contributed by atoms with E-state index in [1.54, 1.807) is 0 Å². The smallest absolute Gasteiger partial charge is 0.321 e. The van der Waals surface area contributed by atoms with Gasteiger partial charge < -0.3 is 4.74 Å². The molecule has 2 unspecified atom stereocenters. The molecule has 0 bridgehead atoms. The van der Waals surface area contributed by atoms with Crippen LogP contribution in [0.25, 0.3) is 0 Å². The highest BCUT2D eigenvalue weighted by Gasteiger charge is 2.40. The van der Waals surface area contributed by atoms with Crippen molar-refractivity contribution in [1.82, 2.24) is 0 Å². The van der Waals surface area contributed by atoms with Crippen LogP contribution in [0.3, 0.4) is 0 Å². The van der Waals surface area contributed by atoms with E-state index < -0.39 is 11.8 Å². The van der Waals surface area contributed by atoms with E-state index in [4.69, 9.17) is 4.74 Å². The molecule has 49 heavy (non-hydrogen) atoms. The molecular weight excluding hydrogens is 601 g/mol. The molecule has 286 valence electrons. The van der Waals surface area contributed by atoms with Gasteiger partial charge in [0.25, 0.3) is 0 Å². The molecule has 0 aromatic carbocycles. The number of carbonyl (C=O) groups excluding carboxylic acids is 2. The van der Waals surface area contributed by atoms with Crippen LogP contribution < -0.4 is 0 Å². The molecule has 3 heteroatoms. The van der Waals surface area contributed by atoms with E-state index >= 15 is 0 Å². The first-order valence-electron chi connectivity index (χ1n) is 22.3. The number of carbonyl (C=O) groups is 2. The molecule has 0 N–H and O–H groups in total. The van der Waals surface area contributed by atoms with Crippen molar-refractivity contribution in [3.63, 3.8) is 0 Å². The molecule has 1 rings (SSSR count). The van der Waals surface area contributed by atoms with Crippen LogP contribution in [0.2, 0.25) is 0 Å². The normalized spacial score (nSPS) is 16.5. The SMILES string of the molecule is CCCCCCCCCCCCCCCCCCCC=CC1C(=O)OC(=O)C1C=CCCCCCCCCCCCCCCCCCCC. The summed E-state index contributed by atoms with van der Waals surface area (Å²) in [4.78, 5) is 24.6. The Morgan fingerprint density at radius 2 is 0.551 bits per heavy atom. The van der Waals surface area contributed by atoms with Crippen molar-refractivity contribution in [2.75, 3.05) is 0 Å². The fraction of sp³-hybridized carbons (Fsp3) is 0.870. The number of unbranched alkanes of at least 4 members (excludes halogenated alkanes) is 34. The molecule has 0 aromatic heterocycles. The largest absolute Gasteiger partial charge is 0.392 e. The highest BCUT2D eigenvalue weighted by Crippen LogP contribution is 2.27. The van der Waals surface area contributed by atoms with Gasteiger partial charge in [-0.05, 0) is 25.7 Å². The number of allylic oxidation sites excluding steroid dienone is 2. The van der Waals surface area contributed by atoms with Crippen molar-refractivity contribution in [2.45, 2.75) is 245 Å². The Hall–Kier alpha value is -1.38. The monoisotopic (exact) mass is 685 g/mol. The molecule has 3 nitrogen and oxygen atoms in total. The summed E-state index contributed by atoms with van der Waals surface area (Å²) in [6.45, 7) is 4.58. The van der Waals surface area contributed by atoms with Crippen LogP contribution in [0.15, 0.2) is 24.3 Å². The minimum Gasteiger partial charge on any atom is -0.392 e. The van der Waals surface area contributed by atoms with Crippen LogP contribution in [-0.2, 0) is 14.3 Å². The van der Waals surface area contributed by atoms with Gasteiger partial charge in [-0.2, -0.15) is 0 Å². The third-order valence-electron chi connectivity index (χ3n) is 10.8. The van der Waals surface area contributed by atoms with Gasteiger partial charge in [-0.15, -0.1) is 0 Å². The fourth-order valence-corrected chi connectivity index (χ4v) is 7.38. The van der Waals surface area contributed by atoms with Gasteiger partial charge in [0.05, 0.1) is 11.8 Å². The number of hydrogen-bond acceptors (Lipinski definition) is 3. The van der Waals surface area contributed by atoms with Crippen LogP contribution in [0.4, 0.5) is 0 Å². The van der Waals surface area contributed by atoms with Crippen LogP contribution >= 0.6 is 0 Å². The van der Waals surface area contributed by atoms with Crippen LogP contribution in [0.5, 0.6) is 0 Å². The van der Waals surface area contributed by atoms with Gasteiger partial charge in [0.2, 0.25) is 0 Å². The van der Waals surface area contributed by atoms with Gasteiger partial charge >= 0.3 is 11.9 Å². The predicted octanol–water partition coefficient (Wildman–Crippen LogP) is 15.5. The highest BCUT2D eigenvalue weighted by atomic mass is 16.6. The molecule has 0 aliphatic carbocycles. The van der Waals surface area contributed by atoms with Crippen molar-refractivity contribution < 1.29 is 14.3 Å². The zero-order valence-corrected chi connectivity index (χ0v) is 33.1. The molecular formula is C46H84O3. The molecule has 1 saturated heterocycles. The highest BCUT2D eigenvalue weighted by molar-refractivity contribution is 5.98. The zero-order valence-electron chi connectivity index (χ0n) is 33.1. The van der Waals surface area contributed by atoms with Gasteiger partial charge in [0, 0.05) is 0 Å². The summed E-state index contributed by atoms with van der Waals surface area (Å²) in [6, 6.07) is 0. The number of esters is 2. The second kappa shape index (κ2) is 36.4. The first-order valence-corrected chi connectivity index (χ1v) is 22.3. The van der Waals surface area contributed by atoms with E-state index in [9.17, 15) is 9.59 Å². The molecule has 1 aliphatic heterocycles. The molecule has 1 aliphatic rings. The van der Waals surface area contributed by atoms with Crippen molar-refractivity contribution >= 4 is 11.9 Å². The standard InChI is InChI=1S/C46H84O3/c1-3-5-7-9-11-13-15-17-19-21-23-25-27-29-31-33-35-37-39-41-43-44(46(48)49-45(43)47)42-40-38-36-34-32-30-28-26-24-22-20-18-16-14-12-10-8-6-4-2/h39-44H,3-38H2,1-2H3. The second-order valence-corrected chi connectivity index (χ2v) is 15.5. The lowest BCUT2D eigenvalue weighted by molar-refractivity contribution is -0.153. The van der Waals surface area contributed by atoms with Crippen molar-refractivity contribution in [1.29, 1.82) is 0 Å². The molecule has 0 aromatic rings. The molecule has 1 heterocycles. The summed E-state index contributed by atoms with van der Waals surface area (Å²) in [5.41, 5.74) is 0. The molecule has 0 saturated carbocycles. The van der Waals surface area contributed by atoms with E-state index in [-0.39, 0.29) is 11.9 Å². The van der Waals surface area contributed by atoms with E-state index in [0.29, 0.717) is 0 Å². The number of cyclic esters (lactones) is 2. The Bertz CT molecular complexity index is 719. The average molecular weight is 685 g/mol. The minimum absolute atomic E-state index is 0.379. The minimum atomic E-state index is -0.440. The third-order valence-corrected chi connectivity index (χ3v) is 10.8. The number of rotatable bonds is 38. The van der Waals surface area contributed by atoms with E-state index in [1.165, 1.54) is 205 Å². The lowest BCUT2D eigenvalue weighted by Gasteiger charge is -2.05. The van der Waals surface area contributed by atoms with E-state index in [0.717, 1.165) is 25.7 Å². The van der Waals surface area contributed by atoms with Gasteiger partial charge in [0.1, 0.15) is 0 Å². The maximum absolute atomic E-state index is 12.3. The third kappa shape index (κ3) is 29.0. The number of hydrogen-bond donors (Lipinski definition) is 0. The molecule has 0 radical (unpaired) electrons. The first kappa shape index (κ1) is 45.6. The Labute approximate surface area is 306 Å². The Balaban J connectivity index is 1.94. The summed E-state index contributed by atoms with van der Waals surface area (Å²) < 4.78 is 4.99. The summed E-state index contributed by atoms with van der Waals surface area (Å²) in [7, 11) is 0. The Kier molecular flexibility index (Phi) is 33.9. The average Bonchev–Trinajstić information content (AvgIpc) is 3.37. The lowest BCUT2D eigenvalue weighted by atomic mass is 9.93. The van der Waals surface area contributed by atoms with E-state index in [2.05, 4.69) is 26.0 Å². The fourth-order valence-electron chi connectivity index (χ4n) is 7.38. The van der Waals surface area contributed by atoms with Gasteiger partial charge in [-0.1, -0.05) is 244 Å². The van der Waals surface area contributed by atoms with Crippen LogP contribution in [-0.4, -0.2) is 11.9 Å².